The Morgan fingerprint density at radius 1 is 1.27 bits per heavy atom. The van der Waals surface area contributed by atoms with E-state index in [0.29, 0.717) is 16.7 Å². The van der Waals surface area contributed by atoms with E-state index in [1.165, 1.54) is 0 Å². The van der Waals surface area contributed by atoms with Gasteiger partial charge in [0.1, 0.15) is 22.8 Å². The summed E-state index contributed by atoms with van der Waals surface area (Å²) < 4.78 is 5.34. The second-order valence-electron chi connectivity index (χ2n) is 4.92. The van der Waals surface area contributed by atoms with E-state index in [1.807, 2.05) is 0 Å². The summed E-state index contributed by atoms with van der Waals surface area (Å²) in [6.45, 7) is 1.93. The topological polar surface area (TPSA) is 95.3 Å². The Balaban J connectivity index is 1.92. The predicted molar refractivity (Wildman–Crippen MR) is 80.8 cm³/mol. The van der Waals surface area contributed by atoms with Crippen molar-refractivity contribution < 1.29 is 14.3 Å². The number of carbonyl (C=O) groups excluding carboxylic acids is 1. The molecule has 0 aliphatic carbocycles. The molecule has 2 aromatic heterocycles. The molecule has 1 amide bonds. The van der Waals surface area contributed by atoms with Gasteiger partial charge < -0.3 is 19.8 Å². The highest BCUT2D eigenvalue weighted by atomic mass is 16.3. The van der Waals surface area contributed by atoms with Crippen LogP contribution in [0.15, 0.2) is 45.6 Å². The van der Waals surface area contributed by atoms with E-state index in [0.717, 1.165) is 5.76 Å². The molecule has 0 atom stereocenters. The minimum absolute atomic E-state index is 0.137. The number of aromatic hydroxyl groups is 1. The van der Waals surface area contributed by atoms with E-state index in [2.05, 4.69) is 10.3 Å². The number of nitrogens with one attached hydrogen (secondary N) is 2. The molecule has 3 rings (SSSR count). The maximum absolute atomic E-state index is 12.2. The van der Waals surface area contributed by atoms with Crippen LogP contribution in [0.25, 0.3) is 10.9 Å². The standard InChI is InChI=1S/C16H14N2O4/c1-9-6-7-10(22-9)8-17-15(20)13-14(19)11-4-2-3-5-12(11)18-16(13)21/h2-7H,8H2,1H3,(H,17,20)(H2,18,19,21). The number of para-hydroxylation sites is 1. The number of rotatable bonds is 3. The molecule has 112 valence electrons. The van der Waals surface area contributed by atoms with Gasteiger partial charge >= 0.3 is 0 Å². The monoisotopic (exact) mass is 298 g/mol. The number of hydrogen-bond donors (Lipinski definition) is 3. The van der Waals surface area contributed by atoms with Crippen molar-refractivity contribution in [3.8, 4) is 5.75 Å². The molecule has 0 aliphatic rings. The number of H-pyrrole nitrogens is 1. The number of benzene rings is 1. The van der Waals surface area contributed by atoms with E-state index in [4.69, 9.17) is 4.42 Å². The van der Waals surface area contributed by atoms with Crippen LogP contribution < -0.4 is 10.9 Å². The fourth-order valence-electron chi connectivity index (χ4n) is 2.27. The molecule has 0 spiro atoms. The number of hydrogen-bond acceptors (Lipinski definition) is 4. The summed E-state index contributed by atoms with van der Waals surface area (Å²) in [6, 6.07) is 10.3. The van der Waals surface area contributed by atoms with Gasteiger partial charge in [-0.2, -0.15) is 0 Å². The van der Waals surface area contributed by atoms with Gasteiger partial charge in [-0.25, -0.2) is 0 Å². The summed E-state index contributed by atoms with van der Waals surface area (Å²) in [5.41, 5.74) is -0.463. The number of carbonyl (C=O) groups is 1. The number of aryl methyl sites for hydroxylation is 1. The Kier molecular flexibility index (Phi) is 3.42. The molecule has 0 fully saturated rings. The van der Waals surface area contributed by atoms with Crippen LogP contribution in [0.5, 0.6) is 5.75 Å². The number of pyridine rings is 1. The minimum atomic E-state index is -0.654. The van der Waals surface area contributed by atoms with Crippen molar-refractivity contribution in [2.24, 2.45) is 0 Å². The average Bonchev–Trinajstić information content (AvgIpc) is 2.91. The first-order valence-corrected chi connectivity index (χ1v) is 6.74. The number of amides is 1. The third kappa shape index (κ3) is 2.46. The second-order valence-corrected chi connectivity index (χ2v) is 4.92. The molecule has 0 unspecified atom stereocenters. The predicted octanol–water partition coefficient (Wildman–Crippen LogP) is 2.07. The van der Waals surface area contributed by atoms with E-state index in [1.54, 1.807) is 43.3 Å². The highest BCUT2D eigenvalue weighted by Gasteiger charge is 2.19. The lowest BCUT2D eigenvalue weighted by atomic mass is 10.1. The molecule has 22 heavy (non-hydrogen) atoms. The van der Waals surface area contributed by atoms with E-state index in [9.17, 15) is 14.7 Å². The molecule has 6 nitrogen and oxygen atoms in total. The molecule has 2 heterocycles. The van der Waals surface area contributed by atoms with Crippen molar-refractivity contribution in [3.05, 3.63) is 63.8 Å². The Hall–Kier alpha value is -3.02. The largest absolute Gasteiger partial charge is 0.506 e. The Bertz CT molecular complexity index is 908. The van der Waals surface area contributed by atoms with Gasteiger partial charge in [-0.1, -0.05) is 12.1 Å². The van der Waals surface area contributed by atoms with Crippen LogP contribution in [0, 0.1) is 6.92 Å². The van der Waals surface area contributed by atoms with Crippen LogP contribution >= 0.6 is 0 Å². The molecule has 0 radical (unpaired) electrons. The lowest BCUT2D eigenvalue weighted by molar-refractivity contribution is 0.0944. The Labute approximate surface area is 125 Å². The van der Waals surface area contributed by atoms with Crippen LogP contribution in [0.1, 0.15) is 21.9 Å². The number of fused-ring (bicyclic) bond motifs is 1. The van der Waals surface area contributed by atoms with E-state index in [-0.39, 0.29) is 17.9 Å². The molecule has 3 aromatic rings. The van der Waals surface area contributed by atoms with Gasteiger partial charge in [-0.05, 0) is 31.2 Å². The van der Waals surface area contributed by atoms with Crippen LogP contribution in [0.4, 0.5) is 0 Å². The van der Waals surface area contributed by atoms with Gasteiger partial charge in [0.15, 0.2) is 0 Å². The van der Waals surface area contributed by atoms with Crippen molar-refractivity contribution in [2.45, 2.75) is 13.5 Å². The molecule has 3 N–H and O–H groups in total. The molecule has 0 saturated carbocycles. The SMILES string of the molecule is Cc1ccc(CNC(=O)c2c(O)c3ccccc3[nH]c2=O)o1. The van der Waals surface area contributed by atoms with Gasteiger partial charge in [-0.3, -0.25) is 9.59 Å². The molecular weight excluding hydrogens is 284 g/mol. The zero-order chi connectivity index (χ0) is 15.7. The van der Waals surface area contributed by atoms with Gasteiger partial charge in [-0.15, -0.1) is 0 Å². The normalized spacial score (nSPS) is 10.8. The molecular formula is C16H14N2O4. The van der Waals surface area contributed by atoms with Crippen LogP contribution in [0.2, 0.25) is 0 Å². The maximum Gasteiger partial charge on any atom is 0.265 e. The van der Waals surface area contributed by atoms with Gasteiger partial charge in [0, 0.05) is 5.39 Å². The third-order valence-electron chi connectivity index (χ3n) is 3.34. The summed E-state index contributed by atoms with van der Waals surface area (Å²) in [7, 11) is 0. The van der Waals surface area contributed by atoms with Gasteiger partial charge in [0.05, 0.1) is 12.1 Å². The quantitative estimate of drug-likeness (QED) is 0.689. The Morgan fingerprint density at radius 3 is 2.77 bits per heavy atom. The van der Waals surface area contributed by atoms with Crippen LogP contribution in [-0.2, 0) is 6.54 Å². The minimum Gasteiger partial charge on any atom is -0.506 e. The van der Waals surface area contributed by atoms with Crippen LogP contribution in [-0.4, -0.2) is 16.0 Å². The summed E-state index contributed by atoms with van der Waals surface area (Å²) in [5, 5.41) is 13.2. The molecule has 6 heteroatoms. The Morgan fingerprint density at radius 2 is 2.05 bits per heavy atom. The van der Waals surface area contributed by atoms with Crippen LogP contribution in [0.3, 0.4) is 0 Å². The number of aromatic nitrogens is 1. The fourth-order valence-corrected chi connectivity index (χ4v) is 2.27. The summed E-state index contributed by atoms with van der Waals surface area (Å²) >= 11 is 0. The molecule has 0 saturated heterocycles. The summed E-state index contributed by atoms with van der Waals surface area (Å²) in [5.74, 6) is 0.323. The van der Waals surface area contributed by atoms with Crippen molar-refractivity contribution in [1.29, 1.82) is 0 Å². The molecule has 0 aliphatic heterocycles. The third-order valence-corrected chi connectivity index (χ3v) is 3.34. The zero-order valence-corrected chi connectivity index (χ0v) is 11.8. The highest BCUT2D eigenvalue weighted by molar-refractivity contribution is 6.01. The first kappa shape index (κ1) is 13.9. The maximum atomic E-state index is 12.2. The highest BCUT2D eigenvalue weighted by Crippen LogP contribution is 2.24. The molecule has 1 aromatic carbocycles. The summed E-state index contributed by atoms with van der Waals surface area (Å²) in [6.07, 6.45) is 0. The zero-order valence-electron chi connectivity index (χ0n) is 11.8. The second kappa shape index (κ2) is 5.40. The fraction of sp³-hybridized carbons (Fsp3) is 0.125. The van der Waals surface area contributed by atoms with Gasteiger partial charge in [0.25, 0.3) is 11.5 Å². The van der Waals surface area contributed by atoms with Crippen molar-refractivity contribution in [1.82, 2.24) is 10.3 Å². The van der Waals surface area contributed by atoms with Crippen molar-refractivity contribution in [3.63, 3.8) is 0 Å². The summed E-state index contributed by atoms with van der Waals surface area (Å²) in [4.78, 5) is 26.8. The van der Waals surface area contributed by atoms with Gasteiger partial charge in [0.2, 0.25) is 0 Å². The average molecular weight is 298 g/mol. The lowest BCUT2D eigenvalue weighted by Gasteiger charge is -2.07. The first-order valence-electron chi connectivity index (χ1n) is 6.74. The van der Waals surface area contributed by atoms with E-state index < -0.39 is 11.5 Å². The molecule has 0 bridgehead atoms. The number of furan rings is 1. The lowest BCUT2D eigenvalue weighted by Crippen LogP contribution is -2.29. The van der Waals surface area contributed by atoms with E-state index >= 15 is 0 Å². The van der Waals surface area contributed by atoms with Crippen molar-refractivity contribution >= 4 is 16.8 Å². The number of aromatic amines is 1. The smallest absolute Gasteiger partial charge is 0.265 e. The van der Waals surface area contributed by atoms with Crippen molar-refractivity contribution in [2.75, 3.05) is 0 Å². The first-order chi connectivity index (χ1) is 10.6.